The van der Waals surface area contributed by atoms with Crippen LogP contribution in [0.25, 0.3) is 0 Å². The molecule has 1 amide bonds. The average Bonchev–Trinajstić information content (AvgIpc) is 2.74. The van der Waals surface area contributed by atoms with Gasteiger partial charge in [0.15, 0.2) is 0 Å². The molecule has 0 aromatic heterocycles. The van der Waals surface area contributed by atoms with Crippen molar-refractivity contribution in [1.29, 1.82) is 0 Å². The van der Waals surface area contributed by atoms with E-state index in [9.17, 15) is 24.9 Å². The molecule has 102 valence electrons. The van der Waals surface area contributed by atoms with E-state index < -0.39 is 24.0 Å². The summed E-state index contributed by atoms with van der Waals surface area (Å²) in [5.74, 6) is -2.53. The molecule has 0 spiro atoms. The van der Waals surface area contributed by atoms with Gasteiger partial charge in [-0.25, -0.2) is 4.79 Å². The van der Waals surface area contributed by atoms with Crippen LogP contribution in [0.5, 0.6) is 11.5 Å². The van der Waals surface area contributed by atoms with Crippen LogP contribution in [-0.4, -0.2) is 55.9 Å². The van der Waals surface area contributed by atoms with Gasteiger partial charge in [0.2, 0.25) is 0 Å². The second-order valence-electron chi connectivity index (χ2n) is 4.40. The van der Waals surface area contributed by atoms with Gasteiger partial charge in [-0.2, -0.15) is 0 Å². The molecule has 1 aromatic rings. The molecule has 1 aliphatic heterocycles. The normalized spacial score (nSPS) is 22.5. The number of amides is 1. The molecule has 19 heavy (non-hydrogen) atoms. The standard InChI is InChI=1S/C12H13NO6/c14-6-1-2-10(16)8(3-6)11(17)13-5-7(15)4-9(13)12(18)19/h1-3,7,9,14-16H,4-5H2,(H,18,19)/t7-,9-/m0/s1. The summed E-state index contributed by atoms with van der Waals surface area (Å²) in [7, 11) is 0. The lowest BCUT2D eigenvalue weighted by atomic mass is 10.1. The van der Waals surface area contributed by atoms with Gasteiger partial charge in [0.25, 0.3) is 5.91 Å². The van der Waals surface area contributed by atoms with Gasteiger partial charge in [0.1, 0.15) is 17.5 Å². The van der Waals surface area contributed by atoms with Crippen LogP contribution in [0, 0.1) is 0 Å². The van der Waals surface area contributed by atoms with Gasteiger partial charge in [-0.05, 0) is 18.2 Å². The van der Waals surface area contributed by atoms with Crippen LogP contribution in [0.4, 0.5) is 0 Å². The summed E-state index contributed by atoms with van der Waals surface area (Å²) in [4.78, 5) is 24.2. The number of hydrogen-bond donors (Lipinski definition) is 4. The van der Waals surface area contributed by atoms with Gasteiger partial charge in [-0.15, -0.1) is 0 Å². The van der Waals surface area contributed by atoms with Crippen molar-refractivity contribution in [3.05, 3.63) is 23.8 Å². The maximum absolute atomic E-state index is 12.2. The third kappa shape index (κ3) is 2.45. The molecule has 0 radical (unpaired) electrons. The molecule has 1 fully saturated rings. The molecular weight excluding hydrogens is 254 g/mol. The van der Waals surface area contributed by atoms with Crippen molar-refractivity contribution in [2.75, 3.05) is 6.54 Å². The molecule has 7 heteroatoms. The molecule has 1 aromatic carbocycles. The monoisotopic (exact) mass is 267 g/mol. The number of phenolic OH excluding ortho intramolecular Hbond substituents is 2. The summed E-state index contributed by atoms with van der Waals surface area (Å²) in [5, 5.41) is 37.4. The van der Waals surface area contributed by atoms with Crippen LogP contribution >= 0.6 is 0 Å². The number of rotatable bonds is 2. The van der Waals surface area contributed by atoms with Crippen LogP contribution < -0.4 is 0 Å². The van der Waals surface area contributed by atoms with Crippen LogP contribution in [0.15, 0.2) is 18.2 Å². The smallest absolute Gasteiger partial charge is 0.326 e. The number of likely N-dealkylation sites (tertiary alicyclic amines) is 1. The first-order chi connectivity index (χ1) is 8.90. The van der Waals surface area contributed by atoms with Crippen molar-refractivity contribution in [2.24, 2.45) is 0 Å². The molecule has 4 N–H and O–H groups in total. The molecular formula is C12H13NO6. The molecule has 0 aliphatic carbocycles. The minimum absolute atomic E-state index is 0.0549. The quantitative estimate of drug-likeness (QED) is 0.549. The summed E-state index contributed by atoms with van der Waals surface area (Å²) in [5.41, 5.74) is -0.194. The van der Waals surface area contributed by atoms with E-state index in [4.69, 9.17) is 5.11 Å². The Morgan fingerprint density at radius 3 is 2.58 bits per heavy atom. The fraction of sp³-hybridized carbons (Fsp3) is 0.333. The van der Waals surface area contributed by atoms with Gasteiger partial charge < -0.3 is 25.3 Å². The number of hydrogen-bond acceptors (Lipinski definition) is 5. The predicted molar refractivity (Wildman–Crippen MR) is 62.9 cm³/mol. The molecule has 0 saturated carbocycles. The summed E-state index contributed by atoms with van der Waals surface area (Å²) in [6, 6.07) is 2.27. The number of β-amino-alcohol motifs (C(OH)–C–C–N with tert-alkyl or cyclic N) is 1. The number of aliphatic carboxylic acids is 1. The summed E-state index contributed by atoms with van der Waals surface area (Å²) in [6.45, 7) is -0.120. The SMILES string of the molecule is O=C(O)[C@@H]1C[C@H](O)CN1C(=O)c1cc(O)ccc1O. The third-order valence-electron chi connectivity index (χ3n) is 3.04. The van der Waals surface area contributed by atoms with Gasteiger partial charge in [0, 0.05) is 13.0 Å². The zero-order valence-electron chi connectivity index (χ0n) is 9.85. The fourth-order valence-corrected chi connectivity index (χ4v) is 2.12. The Hall–Kier alpha value is -2.28. The molecule has 2 atom stereocenters. The van der Waals surface area contributed by atoms with E-state index >= 15 is 0 Å². The maximum atomic E-state index is 12.2. The third-order valence-corrected chi connectivity index (χ3v) is 3.04. The van der Waals surface area contributed by atoms with Crippen molar-refractivity contribution in [3.63, 3.8) is 0 Å². The highest BCUT2D eigenvalue weighted by atomic mass is 16.4. The highest BCUT2D eigenvalue weighted by Crippen LogP contribution is 2.27. The van der Waals surface area contributed by atoms with E-state index in [1.807, 2.05) is 0 Å². The number of aromatic hydroxyl groups is 2. The second kappa shape index (κ2) is 4.77. The first-order valence-corrected chi connectivity index (χ1v) is 5.64. The Morgan fingerprint density at radius 2 is 1.95 bits per heavy atom. The second-order valence-corrected chi connectivity index (χ2v) is 4.40. The Morgan fingerprint density at radius 1 is 1.26 bits per heavy atom. The summed E-state index contributed by atoms with van der Waals surface area (Å²) < 4.78 is 0. The molecule has 1 saturated heterocycles. The van der Waals surface area contributed by atoms with Crippen LogP contribution in [0.2, 0.25) is 0 Å². The summed E-state index contributed by atoms with van der Waals surface area (Å²) in [6.07, 6.45) is -0.967. The number of carboxylic acid groups (broad SMARTS) is 1. The number of aliphatic hydroxyl groups is 1. The van der Waals surface area contributed by atoms with E-state index in [1.165, 1.54) is 6.07 Å². The zero-order valence-corrected chi connectivity index (χ0v) is 9.85. The lowest BCUT2D eigenvalue weighted by Gasteiger charge is -2.21. The van der Waals surface area contributed by atoms with Crippen molar-refractivity contribution < 1.29 is 30.0 Å². The van der Waals surface area contributed by atoms with Crippen molar-refractivity contribution in [3.8, 4) is 11.5 Å². The van der Waals surface area contributed by atoms with E-state index in [0.717, 1.165) is 17.0 Å². The maximum Gasteiger partial charge on any atom is 0.326 e. The topological polar surface area (TPSA) is 118 Å². The first-order valence-electron chi connectivity index (χ1n) is 5.64. The molecule has 0 bridgehead atoms. The lowest BCUT2D eigenvalue weighted by Crippen LogP contribution is -2.40. The fourth-order valence-electron chi connectivity index (χ4n) is 2.12. The van der Waals surface area contributed by atoms with Crippen LogP contribution in [0.1, 0.15) is 16.8 Å². The Bertz CT molecular complexity index is 529. The highest BCUT2D eigenvalue weighted by Gasteiger charge is 2.39. The van der Waals surface area contributed by atoms with E-state index in [-0.39, 0.29) is 30.0 Å². The zero-order chi connectivity index (χ0) is 14.2. The Labute approximate surface area is 108 Å². The number of carbonyl (C=O) groups is 2. The van der Waals surface area contributed by atoms with E-state index in [1.54, 1.807) is 0 Å². The minimum atomic E-state index is -1.22. The number of phenols is 2. The Kier molecular flexibility index (Phi) is 3.30. The number of carboxylic acids is 1. The van der Waals surface area contributed by atoms with E-state index in [0.29, 0.717) is 0 Å². The van der Waals surface area contributed by atoms with Gasteiger partial charge in [-0.3, -0.25) is 4.79 Å². The van der Waals surface area contributed by atoms with Gasteiger partial charge in [-0.1, -0.05) is 0 Å². The van der Waals surface area contributed by atoms with E-state index in [2.05, 4.69) is 0 Å². The van der Waals surface area contributed by atoms with Crippen LogP contribution in [0.3, 0.4) is 0 Å². The lowest BCUT2D eigenvalue weighted by molar-refractivity contribution is -0.141. The molecule has 1 aliphatic rings. The van der Waals surface area contributed by atoms with Crippen LogP contribution in [-0.2, 0) is 4.79 Å². The number of aliphatic hydroxyl groups excluding tert-OH is 1. The van der Waals surface area contributed by atoms with Crippen molar-refractivity contribution >= 4 is 11.9 Å². The largest absolute Gasteiger partial charge is 0.508 e. The Balaban J connectivity index is 2.33. The van der Waals surface area contributed by atoms with Crippen molar-refractivity contribution in [2.45, 2.75) is 18.6 Å². The minimum Gasteiger partial charge on any atom is -0.508 e. The first kappa shape index (κ1) is 13.2. The number of benzene rings is 1. The molecule has 2 rings (SSSR count). The molecule has 1 heterocycles. The van der Waals surface area contributed by atoms with Gasteiger partial charge >= 0.3 is 5.97 Å². The molecule has 7 nitrogen and oxygen atoms in total. The highest BCUT2D eigenvalue weighted by molar-refractivity contribution is 5.99. The predicted octanol–water partition coefficient (Wildman–Crippen LogP) is -0.242. The average molecular weight is 267 g/mol. The number of nitrogens with zero attached hydrogens (tertiary/aromatic N) is 1. The summed E-state index contributed by atoms with van der Waals surface area (Å²) >= 11 is 0. The number of carbonyl (C=O) groups excluding carboxylic acids is 1. The van der Waals surface area contributed by atoms with Gasteiger partial charge in [0.05, 0.1) is 11.7 Å². The molecule has 0 unspecified atom stereocenters. The van der Waals surface area contributed by atoms with Crippen molar-refractivity contribution in [1.82, 2.24) is 4.90 Å².